The van der Waals surface area contributed by atoms with Gasteiger partial charge in [0.1, 0.15) is 22.3 Å². The zero-order valence-corrected chi connectivity index (χ0v) is 32.6. The lowest BCUT2D eigenvalue weighted by molar-refractivity contribution is 0.670. The van der Waals surface area contributed by atoms with Crippen molar-refractivity contribution < 1.29 is 44.5 Å². The topological polar surface area (TPSA) is 26.3 Å². The Hall–Kier alpha value is -8.46. The summed E-state index contributed by atoms with van der Waals surface area (Å²) in [6.45, 7) is 0. The van der Waals surface area contributed by atoms with Crippen LogP contribution in [0.25, 0.3) is 142 Å². The number of hydrogen-bond donors (Lipinski definition) is 0. The Bertz CT molecular complexity index is 5240. The smallest absolute Gasteiger partial charge is 0.143 e. The molecule has 0 fully saturated rings. The molecule has 64 heavy (non-hydrogen) atoms. The number of rotatable bonds is 4. The molecule has 12 aromatic carbocycles. The first kappa shape index (κ1) is 18.5. The molecule has 0 radical (unpaired) electrons. The van der Waals surface area contributed by atoms with E-state index in [4.69, 9.17) is 22.5 Å². The highest BCUT2D eigenvalue weighted by Crippen LogP contribution is 2.53. The van der Waals surface area contributed by atoms with Crippen molar-refractivity contribution in [2.45, 2.75) is 0 Å². The van der Waals surface area contributed by atoms with E-state index >= 15 is 0 Å². The zero-order valence-electron chi connectivity index (χ0n) is 58.6. The van der Waals surface area contributed by atoms with E-state index in [2.05, 4.69) is 0 Å². The summed E-state index contributed by atoms with van der Waals surface area (Å²) in [5.74, 6) is 0. The number of fused-ring (bicyclic) bond motifs is 13. The summed E-state index contributed by atoms with van der Waals surface area (Å²) >= 11 is 0. The van der Waals surface area contributed by atoms with Gasteiger partial charge < -0.3 is 8.83 Å². The molecule has 14 rings (SSSR count). The quantitative estimate of drug-likeness (QED) is 0.165. The standard InChI is InChI=1S/C62H36O2/c1-3-19-37(20-4-1)54-40-23-7-11-27-44(40)57(45-28-12-8-24-41(45)54)50-35-39-36-51(58-46-29-13-9-25-42(46)55(38-21-5-2-6-22-38)43-26-10-14-30-47(43)58)62-60(49-32-16-18-34-53(49)64-62)56(39)59-48-31-15-17-33-52(48)63-61(50)59/h1-36H/i1D,2D,3D,4D,5D,6D,7D,8D,9D,10D,11D,12D,13D,14D,19D,20D,21D,22D,23D,24D,25D,26D,27D,28D,29D,30D. The molecule has 2 heterocycles. The predicted octanol–water partition coefficient (Wildman–Crippen LogP) is 17.9. The van der Waals surface area contributed by atoms with Crippen LogP contribution < -0.4 is 0 Å². The number of furan rings is 2. The van der Waals surface area contributed by atoms with Gasteiger partial charge in [0, 0.05) is 49.2 Å². The molecule has 0 spiro atoms. The Balaban J connectivity index is 1.30. The van der Waals surface area contributed by atoms with E-state index in [0.717, 1.165) is 0 Å². The highest BCUT2D eigenvalue weighted by Gasteiger charge is 2.27. The second kappa shape index (κ2) is 13.5. The Labute approximate surface area is 404 Å². The first-order valence-electron chi connectivity index (χ1n) is 32.9. The molecule has 0 saturated heterocycles. The van der Waals surface area contributed by atoms with Crippen molar-refractivity contribution in [1.82, 2.24) is 0 Å². The lowest BCUT2D eigenvalue weighted by Gasteiger charge is -2.20. The predicted molar refractivity (Wildman–Crippen MR) is 270 cm³/mol. The molecule has 0 amide bonds. The van der Waals surface area contributed by atoms with Crippen molar-refractivity contribution in [1.29, 1.82) is 0 Å². The molecule has 2 aromatic heterocycles. The van der Waals surface area contributed by atoms with Crippen LogP contribution in [-0.4, -0.2) is 0 Å². The van der Waals surface area contributed by atoms with Gasteiger partial charge in [0.25, 0.3) is 0 Å². The summed E-state index contributed by atoms with van der Waals surface area (Å²) in [4.78, 5) is 0. The van der Waals surface area contributed by atoms with Crippen molar-refractivity contribution >= 4 is 97.7 Å². The van der Waals surface area contributed by atoms with Crippen LogP contribution in [-0.2, 0) is 0 Å². The third-order valence-electron chi connectivity index (χ3n) is 11.9. The Morgan fingerprint density at radius 1 is 0.297 bits per heavy atom. The fourth-order valence-corrected chi connectivity index (χ4v) is 9.42. The van der Waals surface area contributed by atoms with Gasteiger partial charge in [-0.2, -0.15) is 0 Å². The molecule has 0 bridgehead atoms. The second-order valence-electron chi connectivity index (χ2n) is 15.1. The summed E-state index contributed by atoms with van der Waals surface area (Å²) < 4.78 is 254. The molecular weight excluding hydrogens is 777 g/mol. The minimum atomic E-state index is -0.860. The summed E-state index contributed by atoms with van der Waals surface area (Å²) in [6, 6.07) is -5.28. The lowest BCUT2D eigenvalue weighted by atomic mass is 9.83. The average molecular weight is 839 g/mol. The van der Waals surface area contributed by atoms with Gasteiger partial charge in [-0.15, -0.1) is 0 Å². The van der Waals surface area contributed by atoms with Gasteiger partial charge in [-0.05, 0) is 95.0 Å². The van der Waals surface area contributed by atoms with E-state index in [9.17, 15) is 21.9 Å². The molecule has 2 heteroatoms. The van der Waals surface area contributed by atoms with E-state index in [1.165, 1.54) is 12.1 Å². The van der Waals surface area contributed by atoms with Crippen molar-refractivity contribution in [3.8, 4) is 44.5 Å². The molecule has 0 N–H and O–H groups in total. The third kappa shape index (κ3) is 4.91. The van der Waals surface area contributed by atoms with Crippen molar-refractivity contribution in [3.05, 3.63) is 218 Å². The number of hydrogen-bond acceptors (Lipinski definition) is 2. The zero-order chi connectivity index (χ0) is 64.5. The third-order valence-corrected chi connectivity index (χ3v) is 11.9. The van der Waals surface area contributed by atoms with Crippen LogP contribution in [0.4, 0.5) is 0 Å². The SMILES string of the molecule is [2H]c1c([2H])c([2H])c(-c2c3c([2H])c([2H])c([2H])c([2H])c3c(-c3cc4cc(-c5c6c([2H])c([2H])c([2H])c([2H])c6c(-c6c([2H])c([2H])c([2H])c([2H])c6[2H])c6c([2H])c([2H])c([2H])c([2H])c56)c5oc6ccccc6c5c4c4c3oc3ccccc34)c3c([2H])c([2H])c([2H])c([2H])c23)c([2H])c1[2H]. The van der Waals surface area contributed by atoms with Crippen LogP contribution >= 0.6 is 0 Å². The fraction of sp³-hybridized carbons (Fsp3) is 0. The fourth-order valence-electron chi connectivity index (χ4n) is 9.42. The van der Waals surface area contributed by atoms with E-state index < -0.39 is 222 Å². The minimum absolute atomic E-state index is 0.0388. The first-order chi connectivity index (χ1) is 42.6. The molecule has 0 aliphatic carbocycles. The van der Waals surface area contributed by atoms with Crippen LogP contribution in [0.1, 0.15) is 35.6 Å². The van der Waals surface area contributed by atoms with Gasteiger partial charge in [-0.25, -0.2) is 0 Å². The summed E-state index contributed by atoms with van der Waals surface area (Å²) in [5, 5.41) is -1.95. The molecule has 0 saturated carbocycles. The van der Waals surface area contributed by atoms with Crippen LogP contribution in [0, 0.1) is 0 Å². The largest absolute Gasteiger partial charge is 0.455 e. The van der Waals surface area contributed by atoms with Crippen LogP contribution in [0.15, 0.2) is 227 Å². The summed E-state index contributed by atoms with van der Waals surface area (Å²) in [5.41, 5.74) is -2.80. The van der Waals surface area contributed by atoms with E-state index in [0.29, 0.717) is 16.2 Å². The van der Waals surface area contributed by atoms with Crippen LogP contribution in [0.5, 0.6) is 0 Å². The maximum absolute atomic E-state index is 9.83. The molecule has 0 atom stereocenters. The summed E-state index contributed by atoms with van der Waals surface area (Å²) in [6.07, 6.45) is 0. The maximum atomic E-state index is 9.83. The van der Waals surface area contributed by atoms with E-state index in [1.54, 1.807) is 48.5 Å². The molecular formula is C62H36O2. The van der Waals surface area contributed by atoms with Crippen molar-refractivity contribution in [2.24, 2.45) is 0 Å². The van der Waals surface area contributed by atoms with Gasteiger partial charge in [0.2, 0.25) is 0 Å². The lowest BCUT2D eigenvalue weighted by Crippen LogP contribution is -1.93. The van der Waals surface area contributed by atoms with Crippen LogP contribution in [0.3, 0.4) is 0 Å². The molecule has 0 aliphatic rings. The van der Waals surface area contributed by atoms with Crippen molar-refractivity contribution in [3.63, 3.8) is 0 Å². The normalized spacial score (nSPS) is 17.8. The average Bonchev–Trinajstić information content (AvgIpc) is 1.06. The molecule has 2 nitrogen and oxygen atoms in total. The van der Waals surface area contributed by atoms with Gasteiger partial charge in [-0.1, -0.05) is 194 Å². The molecule has 296 valence electrons. The highest BCUT2D eigenvalue weighted by atomic mass is 16.3. The number of benzene rings is 12. The Morgan fingerprint density at radius 2 is 0.609 bits per heavy atom. The maximum Gasteiger partial charge on any atom is 0.143 e. The minimum Gasteiger partial charge on any atom is -0.455 e. The van der Waals surface area contributed by atoms with Crippen LogP contribution in [0.2, 0.25) is 0 Å². The first-order valence-corrected chi connectivity index (χ1v) is 19.9. The second-order valence-corrected chi connectivity index (χ2v) is 15.1. The van der Waals surface area contributed by atoms with E-state index in [1.807, 2.05) is 0 Å². The summed E-state index contributed by atoms with van der Waals surface area (Å²) in [7, 11) is 0. The monoisotopic (exact) mass is 838 g/mol. The molecule has 0 unspecified atom stereocenters. The van der Waals surface area contributed by atoms with E-state index in [-0.39, 0.29) is 60.7 Å². The Morgan fingerprint density at radius 3 is 0.969 bits per heavy atom. The number of para-hydroxylation sites is 2. The van der Waals surface area contributed by atoms with Gasteiger partial charge in [0.05, 0.1) is 35.6 Å². The highest BCUT2D eigenvalue weighted by molar-refractivity contribution is 6.37. The van der Waals surface area contributed by atoms with Gasteiger partial charge in [-0.3, -0.25) is 0 Å². The van der Waals surface area contributed by atoms with Gasteiger partial charge >= 0.3 is 0 Å². The van der Waals surface area contributed by atoms with Gasteiger partial charge in [0.15, 0.2) is 0 Å². The molecule has 14 aromatic rings. The molecule has 0 aliphatic heterocycles. The Kier molecular flexibility index (Phi) is 3.90. The van der Waals surface area contributed by atoms with Crippen molar-refractivity contribution in [2.75, 3.05) is 0 Å².